The van der Waals surface area contributed by atoms with E-state index in [0.29, 0.717) is 10.9 Å². The molecule has 0 radical (unpaired) electrons. The SMILES string of the molecule is Cn1c(C(F)(F)F)c(CCC#N)c2cc(Br)ccc21. The zero-order valence-electron chi connectivity index (χ0n) is 10.1. The lowest BCUT2D eigenvalue weighted by Gasteiger charge is -2.10. The summed E-state index contributed by atoms with van der Waals surface area (Å²) < 4.78 is 41.3. The Morgan fingerprint density at radius 3 is 2.63 bits per heavy atom. The topological polar surface area (TPSA) is 28.7 Å². The van der Waals surface area contributed by atoms with E-state index in [9.17, 15) is 13.2 Å². The highest BCUT2D eigenvalue weighted by atomic mass is 79.9. The minimum absolute atomic E-state index is 0.0642. The monoisotopic (exact) mass is 330 g/mol. The molecule has 100 valence electrons. The summed E-state index contributed by atoms with van der Waals surface area (Å²) in [7, 11) is 1.40. The molecule has 1 aromatic carbocycles. The Hall–Kier alpha value is -1.48. The Balaban J connectivity index is 2.78. The van der Waals surface area contributed by atoms with E-state index in [1.165, 1.54) is 7.05 Å². The van der Waals surface area contributed by atoms with Gasteiger partial charge >= 0.3 is 6.18 Å². The van der Waals surface area contributed by atoms with Crippen molar-refractivity contribution in [2.75, 3.05) is 0 Å². The summed E-state index contributed by atoms with van der Waals surface area (Å²) >= 11 is 3.26. The number of benzene rings is 1. The standard InChI is InChI=1S/C13H10BrF3N2/c1-19-11-5-4-8(14)7-10(11)9(3-2-6-18)12(19)13(15,16)17/h4-5,7H,2-3H2,1H3. The molecule has 0 atom stereocenters. The maximum Gasteiger partial charge on any atom is 0.431 e. The smallest absolute Gasteiger partial charge is 0.340 e. The predicted molar refractivity (Wildman–Crippen MR) is 69.6 cm³/mol. The molecule has 1 aromatic heterocycles. The van der Waals surface area contributed by atoms with Crippen LogP contribution in [0, 0.1) is 11.3 Å². The average molecular weight is 331 g/mol. The van der Waals surface area contributed by atoms with Crippen molar-refractivity contribution in [3.8, 4) is 6.07 Å². The number of rotatable bonds is 2. The number of hydrogen-bond acceptors (Lipinski definition) is 1. The molecule has 1 heterocycles. The van der Waals surface area contributed by atoms with Crippen molar-refractivity contribution in [2.45, 2.75) is 19.0 Å². The Bertz CT molecular complexity index is 665. The van der Waals surface area contributed by atoms with E-state index >= 15 is 0 Å². The summed E-state index contributed by atoms with van der Waals surface area (Å²) in [6.45, 7) is 0. The van der Waals surface area contributed by atoms with Gasteiger partial charge in [-0.1, -0.05) is 15.9 Å². The Morgan fingerprint density at radius 1 is 1.37 bits per heavy atom. The number of nitriles is 1. The molecule has 2 rings (SSSR count). The lowest BCUT2D eigenvalue weighted by atomic mass is 10.1. The van der Waals surface area contributed by atoms with E-state index in [-0.39, 0.29) is 18.4 Å². The number of nitrogens with zero attached hydrogens (tertiary/aromatic N) is 2. The highest BCUT2D eigenvalue weighted by Crippen LogP contribution is 2.38. The lowest BCUT2D eigenvalue weighted by Crippen LogP contribution is -2.13. The minimum Gasteiger partial charge on any atom is -0.340 e. The second-order valence-electron chi connectivity index (χ2n) is 4.20. The normalized spacial score (nSPS) is 11.8. The van der Waals surface area contributed by atoms with Crippen LogP contribution in [-0.4, -0.2) is 4.57 Å². The van der Waals surface area contributed by atoms with Gasteiger partial charge in [0, 0.05) is 28.8 Å². The molecule has 0 aliphatic rings. The van der Waals surface area contributed by atoms with Gasteiger partial charge in [0.25, 0.3) is 0 Å². The largest absolute Gasteiger partial charge is 0.431 e. The molecule has 0 saturated carbocycles. The Morgan fingerprint density at radius 2 is 2.05 bits per heavy atom. The van der Waals surface area contributed by atoms with Gasteiger partial charge in [0.2, 0.25) is 0 Å². The van der Waals surface area contributed by atoms with Crippen molar-refractivity contribution in [1.82, 2.24) is 4.57 Å². The van der Waals surface area contributed by atoms with Gasteiger partial charge in [0.15, 0.2) is 0 Å². The molecule has 0 aliphatic heterocycles. The van der Waals surface area contributed by atoms with Crippen LogP contribution in [0.1, 0.15) is 17.7 Å². The quantitative estimate of drug-likeness (QED) is 0.801. The number of halogens is 4. The van der Waals surface area contributed by atoms with E-state index in [4.69, 9.17) is 5.26 Å². The Kier molecular flexibility index (Phi) is 3.59. The van der Waals surface area contributed by atoms with Crippen LogP contribution in [0.15, 0.2) is 22.7 Å². The molecule has 19 heavy (non-hydrogen) atoms. The minimum atomic E-state index is -4.43. The molecule has 0 amide bonds. The number of aryl methyl sites for hydroxylation is 2. The van der Waals surface area contributed by atoms with Crippen LogP contribution < -0.4 is 0 Å². The van der Waals surface area contributed by atoms with Crippen molar-refractivity contribution in [3.05, 3.63) is 33.9 Å². The fourth-order valence-corrected chi connectivity index (χ4v) is 2.65. The summed E-state index contributed by atoms with van der Waals surface area (Å²) in [4.78, 5) is 0. The van der Waals surface area contributed by atoms with Gasteiger partial charge in [-0.15, -0.1) is 0 Å². The number of aromatic nitrogens is 1. The first-order valence-corrected chi connectivity index (χ1v) is 6.36. The van der Waals surface area contributed by atoms with Crippen LogP contribution in [0.5, 0.6) is 0 Å². The zero-order valence-corrected chi connectivity index (χ0v) is 11.6. The molecule has 2 nitrogen and oxygen atoms in total. The third-order valence-corrected chi connectivity index (χ3v) is 3.51. The third kappa shape index (κ3) is 2.47. The molecule has 6 heteroatoms. The van der Waals surface area contributed by atoms with E-state index in [1.807, 2.05) is 6.07 Å². The van der Waals surface area contributed by atoms with Crippen molar-refractivity contribution < 1.29 is 13.2 Å². The second-order valence-corrected chi connectivity index (χ2v) is 5.12. The molecule has 0 N–H and O–H groups in total. The molecule has 0 saturated heterocycles. The van der Waals surface area contributed by atoms with Gasteiger partial charge < -0.3 is 4.57 Å². The molecule has 0 aliphatic carbocycles. The average Bonchev–Trinajstić information content (AvgIpc) is 2.58. The fourth-order valence-electron chi connectivity index (χ4n) is 2.29. The van der Waals surface area contributed by atoms with Gasteiger partial charge in [-0.25, -0.2) is 0 Å². The summed E-state index contributed by atoms with van der Waals surface area (Å²) in [5.74, 6) is 0. The van der Waals surface area contributed by atoms with E-state index < -0.39 is 11.9 Å². The number of fused-ring (bicyclic) bond motifs is 1. The first-order valence-electron chi connectivity index (χ1n) is 5.57. The highest BCUT2D eigenvalue weighted by molar-refractivity contribution is 9.10. The predicted octanol–water partition coefficient (Wildman–Crippen LogP) is 4.42. The van der Waals surface area contributed by atoms with Crippen LogP contribution in [0.3, 0.4) is 0 Å². The summed E-state index contributed by atoms with van der Waals surface area (Å²) in [6, 6.07) is 6.91. The summed E-state index contributed by atoms with van der Waals surface area (Å²) in [5.41, 5.74) is 0.0344. The molecule has 2 aromatic rings. The maximum absolute atomic E-state index is 13.2. The van der Waals surface area contributed by atoms with Crippen molar-refractivity contribution >= 4 is 26.8 Å². The third-order valence-electron chi connectivity index (χ3n) is 3.02. The van der Waals surface area contributed by atoms with Crippen molar-refractivity contribution in [3.63, 3.8) is 0 Å². The lowest BCUT2D eigenvalue weighted by molar-refractivity contribution is -0.143. The molecular weight excluding hydrogens is 321 g/mol. The van der Waals surface area contributed by atoms with Gasteiger partial charge in [-0.2, -0.15) is 18.4 Å². The van der Waals surface area contributed by atoms with Crippen molar-refractivity contribution in [1.29, 1.82) is 5.26 Å². The zero-order chi connectivity index (χ0) is 14.2. The van der Waals surface area contributed by atoms with Crippen LogP contribution in [-0.2, 0) is 19.6 Å². The molecule has 0 fully saturated rings. The number of alkyl halides is 3. The van der Waals surface area contributed by atoms with Crippen LogP contribution >= 0.6 is 15.9 Å². The van der Waals surface area contributed by atoms with Gasteiger partial charge in [-0.05, 0) is 30.2 Å². The molecular formula is C13H10BrF3N2. The van der Waals surface area contributed by atoms with E-state index in [0.717, 1.165) is 9.04 Å². The molecule has 0 spiro atoms. The van der Waals surface area contributed by atoms with Gasteiger partial charge in [0.05, 0.1) is 6.07 Å². The molecule has 0 unspecified atom stereocenters. The van der Waals surface area contributed by atoms with Crippen LogP contribution in [0.25, 0.3) is 10.9 Å². The highest BCUT2D eigenvalue weighted by Gasteiger charge is 2.38. The van der Waals surface area contributed by atoms with E-state index in [1.54, 1.807) is 18.2 Å². The second kappa shape index (κ2) is 4.89. The summed E-state index contributed by atoms with van der Waals surface area (Å²) in [6.07, 6.45) is -4.27. The van der Waals surface area contributed by atoms with Crippen molar-refractivity contribution in [2.24, 2.45) is 7.05 Å². The fraction of sp³-hybridized carbons (Fsp3) is 0.308. The van der Waals surface area contributed by atoms with Crippen LogP contribution in [0.2, 0.25) is 0 Å². The van der Waals surface area contributed by atoms with Gasteiger partial charge in [0.1, 0.15) is 5.69 Å². The first kappa shape index (κ1) is 13.9. The molecule has 0 bridgehead atoms. The Labute approximate surface area is 116 Å². The summed E-state index contributed by atoms with van der Waals surface area (Å²) in [5, 5.41) is 9.15. The maximum atomic E-state index is 13.2. The van der Waals surface area contributed by atoms with E-state index in [2.05, 4.69) is 15.9 Å². The number of hydrogen-bond donors (Lipinski definition) is 0. The first-order chi connectivity index (χ1) is 8.86. The van der Waals surface area contributed by atoms with Crippen LogP contribution in [0.4, 0.5) is 13.2 Å². The van der Waals surface area contributed by atoms with Gasteiger partial charge in [-0.3, -0.25) is 0 Å².